The summed E-state index contributed by atoms with van der Waals surface area (Å²) in [6.45, 7) is 6.09. The summed E-state index contributed by atoms with van der Waals surface area (Å²) < 4.78 is 11.7. The van der Waals surface area contributed by atoms with E-state index in [9.17, 15) is 0 Å². The van der Waals surface area contributed by atoms with Crippen molar-refractivity contribution < 1.29 is 9.47 Å². The number of unbranched alkanes of at least 4 members (excludes halogenated alkanes) is 10. The fraction of sp³-hybridized carbons (Fsp3) is 0.552. The van der Waals surface area contributed by atoms with Crippen LogP contribution in [0.1, 0.15) is 96.5 Å². The van der Waals surface area contributed by atoms with Gasteiger partial charge < -0.3 is 9.47 Å². The summed E-state index contributed by atoms with van der Waals surface area (Å²) >= 11 is 0. The Bertz CT molecular complexity index is 722. The molecule has 0 unspecified atom stereocenters. The monoisotopic (exact) mass is 437 g/mol. The van der Waals surface area contributed by atoms with Gasteiger partial charge in [-0.1, -0.05) is 78.1 Å². The molecule has 0 saturated carbocycles. The summed E-state index contributed by atoms with van der Waals surface area (Å²) in [6, 6.07) is 16.2. The Kier molecular flexibility index (Phi) is 14.0. The molecular formula is C29H43NO2. The first-order valence-electron chi connectivity index (χ1n) is 12.8. The lowest BCUT2D eigenvalue weighted by Gasteiger charge is -2.07. The first-order valence-corrected chi connectivity index (χ1v) is 12.8. The number of hydrogen-bond donors (Lipinski definition) is 0. The second-order valence-electron chi connectivity index (χ2n) is 8.55. The van der Waals surface area contributed by atoms with E-state index in [1.54, 1.807) is 0 Å². The third-order valence-corrected chi connectivity index (χ3v) is 5.61. The summed E-state index contributed by atoms with van der Waals surface area (Å²) in [6.07, 6.45) is 17.3. The van der Waals surface area contributed by atoms with Gasteiger partial charge in [-0.3, -0.25) is 4.99 Å². The van der Waals surface area contributed by atoms with Gasteiger partial charge in [-0.2, -0.15) is 0 Å². The van der Waals surface area contributed by atoms with Crippen LogP contribution in [-0.4, -0.2) is 19.4 Å². The van der Waals surface area contributed by atoms with E-state index in [1.165, 1.54) is 64.2 Å². The molecule has 3 nitrogen and oxygen atoms in total. The maximum atomic E-state index is 5.86. The van der Waals surface area contributed by atoms with Crippen molar-refractivity contribution in [1.29, 1.82) is 0 Å². The molecule has 0 spiro atoms. The van der Waals surface area contributed by atoms with Crippen LogP contribution in [0.15, 0.2) is 53.5 Å². The number of ether oxygens (including phenoxy) is 2. The van der Waals surface area contributed by atoms with Gasteiger partial charge in [0.15, 0.2) is 0 Å². The molecule has 0 bridgehead atoms. The number of rotatable bonds is 18. The number of hydrogen-bond acceptors (Lipinski definition) is 3. The van der Waals surface area contributed by atoms with Crippen molar-refractivity contribution >= 4 is 11.9 Å². The molecule has 176 valence electrons. The van der Waals surface area contributed by atoms with Gasteiger partial charge in [-0.15, -0.1) is 0 Å². The lowest BCUT2D eigenvalue weighted by atomic mass is 10.1. The Morgan fingerprint density at radius 1 is 0.562 bits per heavy atom. The molecule has 2 aromatic carbocycles. The molecule has 3 heteroatoms. The molecule has 0 aliphatic heterocycles. The number of benzene rings is 2. The lowest BCUT2D eigenvalue weighted by molar-refractivity contribution is 0.304. The molecule has 0 atom stereocenters. The summed E-state index contributed by atoms with van der Waals surface area (Å²) in [5.74, 6) is 1.85. The number of nitrogens with zero attached hydrogens (tertiary/aromatic N) is 1. The second-order valence-corrected chi connectivity index (χ2v) is 8.55. The van der Waals surface area contributed by atoms with E-state index in [0.717, 1.165) is 48.8 Å². The first kappa shape index (κ1) is 26.0. The first-order chi connectivity index (χ1) is 15.8. The molecule has 0 aliphatic carbocycles. The summed E-state index contributed by atoms with van der Waals surface area (Å²) in [5, 5.41) is 0. The van der Waals surface area contributed by atoms with Crippen LogP contribution in [0, 0.1) is 0 Å². The molecule has 0 saturated heterocycles. The van der Waals surface area contributed by atoms with Crippen LogP contribution in [0.4, 0.5) is 5.69 Å². The molecule has 0 N–H and O–H groups in total. The van der Waals surface area contributed by atoms with Crippen molar-refractivity contribution in [3.05, 3.63) is 54.1 Å². The topological polar surface area (TPSA) is 30.8 Å². The van der Waals surface area contributed by atoms with Crippen molar-refractivity contribution in [3.63, 3.8) is 0 Å². The van der Waals surface area contributed by atoms with Gasteiger partial charge in [0, 0.05) is 6.21 Å². The van der Waals surface area contributed by atoms with E-state index in [0.29, 0.717) is 0 Å². The Labute approximate surface area is 196 Å². The molecule has 0 radical (unpaired) electrons. The Hall–Kier alpha value is -2.29. The highest BCUT2D eigenvalue weighted by molar-refractivity contribution is 5.82. The molecule has 0 aliphatic rings. The molecule has 2 aromatic rings. The van der Waals surface area contributed by atoms with Crippen LogP contribution in [-0.2, 0) is 0 Å². The third kappa shape index (κ3) is 11.9. The van der Waals surface area contributed by atoms with Crippen molar-refractivity contribution in [1.82, 2.24) is 0 Å². The van der Waals surface area contributed by atoms with Crippen molar-refractivity contribution in [3.8, 4) is 11.5 Å². The third-order valence-electron chi connectivity index (χ3n) is 5.61. The van der Waals surface area contributed by atoms with Crippen molar-refractivity contribution in [2.45, 2.75) is 90.9 Å². The maximum Gasteiger partial charge on any atom is 0.119 e. The molecule has 2 rings (SSSR count). The van der Waals surface area contributed by atoms with Crippen LogP contribution in [0.25, 0.3) is 0 Å². The van der Waals surface area contributed by atoms with Gasteiger partial charge in [0.25, 0.3) is 0 Å². The average Bonchev–Trinajstić information content (AvgIpc) is 2.83. The zero-order valence-corrected chi connectivity index (χ0v) is 20.4. The second kappa shape index (κ2) is 17.3. The zero-order valence-electron chi connectivity index (χ0n) is 20.4. The SMILES string of the molecule is CCCCCCCCCOc1ccc(N=Cc2ccc(OCCCCCCC)cc2)cc1. The van der Waals surface area contributed by atoms with E-state index >= 15 is 0 Å². The van der Waals surface area contributed by atoms with Crippen LogP contribution < -0.4 is 9.47 Å². The van der Waals surface area contributed by atoms with E-state index < -0.39 is 0 Å². The van der Waals surface area contributed by atoms with Gasteiger partial charge in [0.05, 0.1) is 18.9 Å². The smallest absolute Gasteiger partial charge is 0.119 e. The van der Waals surface area contributed by atoms with Crippen LogP contribution in [0.3, 0.4) is 0 Å². The van der Waals surface area contributed by atoms with Crippen molar-refractivity contribution in [2.24, 2.45) is 4.99 Å². The largest absolute Gasteiger partial charge is 0.494 e. The Balaban J connectivity index is 1.63. The minimum absolute atomic E-state index is 0.795. The fourth-order valence-corrected chi connectivity index (χ4v) is 3.57. The van der Waals surface area contributed by atoms with E-state index in [1.807, 2.05) is 42.6 Å². The average molecular weight is 438 g/mol. The van der Waals surface area contributed by atoms with Gasteiger partial charge in [0.1, 0.15) is 11.5 Å². The standard InChI is InChI=1S/C29H43NO2/c1-3-5-7-9-10-12-14-24-32-29-21-17-27(18-22-29)30-25-26-15-19-28(20-16-26)31-23-13-11-8-6-4-2/h15-22,25H,3-14,23-24H2,1-2H3. The predicted octanol–water partition coefficient (Wildman–Crippen LogP) is 8.92. The summed E-state index contributed by atoms with van der Waals surface area (Å²) in [7, 11) is 0. The van der Waals surface area contributed by atoms with E-state index in [-0.39, 0.29) is 0 Å². The minimum Gasteiger partial charge on any atom is -0.494 e. The minimum atomic E-state index is 0.795. The van der Waals surface area contributed by atoms with Crippen LogP contribution >= 0.6 is 0 Å². The molecule has 32 heavy (non-hydrogen) atoms. The van der Waals surface area contributed by atoms with Gasteiger partial charge in [-0.05, 0) is 66.9 Å². The highest BCUT2D eigenvalue weighted by atomic mass is 16.5. The number of aliphatic imine (C=N–C) groups is 1. The van der Waals surface area contributed by atoms with Crippen LogP contribution in [0.5, 0.6) is 11.5 Å². The predicted molar refractivity (Wildman–Crippen MR) is 138 cm³/mol. The normalized spacial score (nSPS) is 11.2. The van der Waals surface area contributed by atoms with Gasteiger partial charge in [0.2, 0.25) is 0 Å². The molecule has 0 amide bonds. The van der Waals surface area contributed by atoms with Crippen LogP contribution in [0.2, 0.25) is 0 Å². The van der Waals surface area contributed by atoms with Crippen molar-refractivity contribution in [2.75, 3.05) is 13.2 Å². The van der Waals surface area contributed by atoms with Gasteiger partial charge in [-0.25, -0.2) is 0 Å². The quantitative estimate of drug-likeness (QED) is 0.172. The molecule has 0 aromatic heterocycles. The molecule has 0 heterocycles. The Morgan fingerprint density at radius 3 is 1.50 bits per heavy atom. The fourth-order valence-electron chi connectivity index (χ4n) is 3.57. The summed E-state index contributed by atoms with van der Waals surface area (Å²) in [5.41, 5.74) is 2.00. The maximum absolute atomic E-state index is 5.86. The highest BCUT2D eigenvalue weighted by Gasteiger charge is 1.97. The van der Waals surface area contributed by atoms with E-state index in [2.05, 4.69) is 31.0 Å². The Morgan fingerprint density at radius 2 is 1.00 bits per heavy atom. The molecular weight excluding hydrogens is 394 g/mol. The lowest BCUT2D eigenvalue weighted by Crippen LogP contribution is -1.97. The zero-order chi connectivity index (χ0) is 22.7. The van der Waals surface area contributed by atoms with E-state index in [4.69, 9.17) is 9.47 Å². The van der Waals surface area contributed by atoms with Gasteiger partial charge >= 0.3 is 0 Å². The highest BCUT2D eigenvalue weighted by Crippen LogP contribution is 2.19. The summed E-state index contributed by atoms with van der Waals surface area (Å²) in [4.78, 5) is 4.58. The molecule has 0 fully saturated rings.